The summed E-state index contributed by atoms with van der Waals surface area (Å²) in [6.45, 7) is 0. The Bertz CT molecular complexity index is 385. The van der Waals surface area contributed by atoms with E-state index in [1.807, 2.05) is 18.2 Å². The maximum Gasteiger partial charge on any atom is 0.0410 e. The van der Waals surface area contributed by atoms with Gasteiger partial charge in [-0.2, -0.15) is 0 Å². The van der Waals surface area contributed by atoms with E-state index in [9.17, 15) is 0 Å². The molecule has 0 atom stereocenters. The molecule has 3 heteroatoms. The summed E-state index contributed by atoms with van der Waals surface area (Å²) in [6, 6.07) is 5.90. The van der Waals surface area contributed by atoms with Crippen LogP contribution in [0.4, 0.5) is 5.69 Å². The Morgan fingerprint density at radius 3 is 2.75 bits per heavy atom. The maximum atomic E-state index is 5.78. The number of nitrogens with zero attached hydrogens (tertiary/aromatic N) is 1. The first kappa shape index (κ1) is 7.79. The molecule has 12 heavy (non-hydrogen) atoms. The maximum absolute atomic E-state index is 5.78. The van der Waals surface area contributed by atoms with Crippen molar-refractivity contribution in [3.8, 4) is 0 Å². The third kappa shape index (κ3) is 1.14. The first-order valence-corrected chi connectivity index (χ1v) is 4.64. The van der Waals surface area contributed by atoms with Crippen LogP contribution in [0.15, 0.2) is 30.6 Å². The average Bonchev–Trinajstić information content (AvgIpc) is 2.12. The molecule has 2 N–H and O–H groups in total. The molecule has 0 saturated heterocycles. The Labute approximate surface area is 83.9 Å². The number of pyridine rings is 1. The van der Waals surface area contributed by atoms with Crippen molar-refractivity contribution in [2.24, 2.45) is 0 Å². The third-order valence-corrected chi connectivity index (χ3v) is 2.74. The number of fused-ring (bicyclic) bond motifs is 1. The Hall–Kier alpha value is -0.840. The van der Waals surface area contributed by atoms with Gasteiger partial charge in [0.2, 0.25) is 0 Å². The highest BCUT2D eigenvalue weighted by atomic mass is 127. The largest absolute Gasteiger partial charge is 0.398 e. The van der Waals surface area contributed by atoms with Crippen LogP contribution in [0.3, 0.4) is 0 Å². The molecule has 2 rings (SSSR count). The van der Waals surface area contributed by atoms with Crippen molar-refractivity contribution < 1.29 is 0 Å². The number of hydrogen-bond acceptors (Lipinski definition) is 2. The molecule has 0 bridgehead atoms. The van der Waals surface area contributed by atoms with Gasteiger partial charge in [0.05, 0.1) is 0 Å². The van der Waals surface area contributed by atoms with Gasteiger partial charge in [-0.05, 0) is 40.8 Å². The lowest BCUT2D eigenvalue weighted by Gasteiger charge is -2.01. The Morgan fingerprint density at radius 1 is 1.17 bits per heavy atom. The van der Waals surface area contributed by atoms with Gasteiger partial charge in [0, 0.05) is 32.4 Å². The molecule has 0 aliphatic heterocycles. The Morgan fingerprint density at radius 2 is 2.00 bits per heavy atom. The van der Waals surface area contributed by atoms with E-state index in [0.717, 1.165) is 11.1 Å². The van der Waals surface area contributed by atoms with E-state index >= 15 is 0 Å². The SMILES string of the molecule is Nc1ccc(I)c2ccncc12. The molecule has 0 saturated carbocycles. The lowest BCUT2D eigenvalue weighted by Crippen LogP contribution is -1.88. The number of halogens is 1. The van der Waals surface area contributed by atoms with Gasteiger partial charge in [-0.15, -0.1) is 0 Å². The van der Waals surface area contributed by atoms with Gasteiger partial charge >= 0.3 is 0 Å². The molecule has 0 radical (unpaired) electrons. The van der Waals surface area contributed by atoms with E-state index in [4.69, 9.17) is 5.73 Å². The van der Waals surface area contributed by atoms with Gasteiger partial charge in [-0.3, -0.25) is 4.98 Å². The highest BCUT2D eigenvalue weighted by molar-refractivity contribution is 14.1. The predicted molar refractivity (Wildman–Crippen MR) is 58.9 cm³/mol. The molecule has 1 aromatic carbocycles. The van der Waals surface area contributed by atoms with Gasteiger partial charge in [0.1, 0.15) is 0 Å². The molecule has 0 amide bonds. The van der Waals surface area contributed by atoms with Crippen LogP contribution in [0.5, 0.6) is 0 Å². The van der Waals surface area contributed by atoms with Crippen molar-refractivity contribution in [3.63, 3.8) is 0 Å². The van der Waals surface area contributed by atoms with Gasteiger partial charge in [0.25, 0.3) is 0 Å². The summed E-state index contributed by atoms with van der Waals surface area (Å²) in [5.41, 5.74) is 6.57. The highest BCUT2D eigenvalue weighted by Crippen LogP contribution is 2.24. The molecule has 2 nitrogen and oxygen atoms in total. The molecule has 0 aliphatic rings. The minimum absolute atomic E-state index is 0.790. The number of benzene rings is 1. The summed E-state index contributed by atoms with van der Waals surface area (Å²) < 4.78 is 1.21. The zero-order valence-electron chi connectivity index (χ0n) is 6.29. The number of nitrogens with two attached hydrogens (primary N) is 1. The van der Waals surface area contributed by atoms with Crippen LogP contribution in [0.1, 0.15) is 0 Å². The van der Waals surface area contributed by atoms with Crippen LogP contribution < -0.4 is 5.73 Å². The highest BCUT2D eigenvalue weighted by Gasteiger charge is 1.99. The van der Waals surface area contributed by atoms with Crippen molar-refractivity contribution in [2.75, 3.05) is 5.73 Å². The summed E-state index contributed by atoms with van der Waals surface area (Å²) in [4.78, 5) is 4.03. The molecule has 1 heterocycles. The zero-order chi connectivity index (χ0) is 8.55. The molecule has 0 aliphatic carbocycles. The molecule has 2 aromatic rings. The van der Waals surface area contributed by atoms with E-state index in [1.165, 1.54) is 8.96 Å². The van der Waals surface area contributed by atoms with Gasteiger partial charge in [-0.1, -0.05) is 0 Å². The van der Waals surface area contributed by atoms with Crippen LogP contribution in [-0.2, 0) is 0 Å². The fourth-order valence-corrected chi connectivity index (χ4v) is 1.83. The van der Waals surface area contributed by atoms with Crippen LogP contribution in [0.2, 0.25) is 0 Å². The summed E-state index contributed by atoms with van der Waals surface area (Å²) in [5, 5.41) is 2.20. The van der Waals surface area contributed by atoms with Crippen molar-refractivity contribution in [1.29, 1.82) is 0 Å². The lowest BCUT2D eigenvalue weighted by atomic mass is 10.1. The quantitative estimate of drug-likeness (QED) is 0.589. The zero-order valence-corrected chi connectivity index (χ0v) is 8.45. The van der Waals surface area contributed by atoms with E-state index in [2.05, 4.69) is 27.6 Å². The van der Waals surface area contributed by atoms with E-state index in [1.54, 1.807) is 12.4 Å². The summed E-state index contributed by atoms with van der Waals surface area (Å²) in [6.07, 6.45) is 3.58. The Kier molecular flexibility index (Phi) is 1.88. The average molecular weight is 270 g/mol. The molecule has 0 spiro atoms. The normalized spacial score (nSPS) is 10.4. The third-order valence-electron chi connectivity index (χ3n) is 1.80. The van der Waals surface area contributed by atoms with Crippen molar-refractivity contribution in [2.45, 2.75) is 0 Å². The number of nitrogen functional groups attached to an aromatic ring is 1. The lowest BCUT2D eigenvalue weighted by molar-refractivity contribution is 1.36. The molecule has 0 fully saturated rings. The number of anilines is 1. The van der Waals surface area contributed by atoms with E-state index < -0.39 is 0 Å². The summed E-state index contributed by atoms with van der Waals surface area (Å²) in [5.74, 6) is 0. The second-order valence-corrected chi connectivity index (χ2v) is 3.72. The molecule has 1 aromatic heterocycles. The second-order valence-electron chi connectivity index (χ2n) is 2.56. The van der Waals surface area contributed by atoms with Crippen LogP contribution >= 0.6 is 22.6 Å². The van der Waals surface area contributed by atoms with Crippen molar-refractivity contribution in [1.82, 2.24) is 4.98 Å². The first-order chi connectivity index (χ1) is 5.79. The predicted octanol–water partition coefficient (Wildman–Crippen LogP) is 2.42. The van der Waals surface area contributed by atoms with Crippen LogP contribution in [-0.4, -0.2) is 4.98 Å². The Balaban J connectivity index is 2.95. The van der Waals surface area contributed by atoms with E-state index in [-0.39, 0.29) is 0 Å². The van der Waals surface area contributed by atoms with Gasteiger partial charge in [-0.25, -0.2) is 0 Å². The monoisotopic (exact) mass is 270 g/mol. The van der Waals surface area contributed by atoms with Crippen molar-refractivity contribution in [3.05, 3.63) is 34.2 Å². The minimum Gasteiger partial charge on any atom is -0.398 e. The van der Waals surface area contributed by atoms with Crippen LogP contribution in [0.25, 0.3) is 10.8 Å². The minimum atomic E-state index is 0.790. The molecule has 60 valence electrons. The summed E-state index contributed by atoms with van der Waals surface area (Å²) in [7, 11) is 0. The van der Waals surface area contributed by atoms with Gasteiger partial charge < -0.3 is 5.73 Å². The van der Waals surface area contributed by atoms with E-state index in [0.29, 0.717) is 0 Å². The smallest absolute Gasteiger partial charge is 0.0410 e. The standard InChI is InChI=1S/C9H7IN2/c10-8-1-2-9(11)7-5-12-4-3-6(7)8/h1-5H,11H2. The topological polar surface area (TPSA) is 38.9 Å². The molecular formula is C9H7IN2. The van der Waals surface area contributed by atoms with Crippen molar-refractivity contribution >= 4 is 39.1 Å². The summed E-state index contributed by atoms with van der Waals surface area (Å²) >= 11 is 2.29. The number of aromatic nitrogens is 1. The number of hydrogen-bond donors (Lipinski definition) is 1. The number of rotatable bonds is 0. The first-order valence-electron chi connectivity index (χ1n) is 3.57. The van der Waals surface area contributed by atoms with Crippen LogP contribution in [0, 0.1) is 3.57 Å². The van der Waals surface area contributed by atoms with Gasteiger partial charge in [0.15, 0.2) is 0 Å². The molecule has 0 unspecified atom stereocenters. The molecular weight excluding hydrogens is 263 g/mol. The fourth-order valence-electron chi connectivity index (χ4n) is 1.18. The fraction of sp³-hybridized carbons (Fsp3) is 0. The second kappa shape index (κ2) is 2.90.